The van der Waals surface area contributed by atoms with Gasteiger partial charge in [-0.3, -0.25) is 14.9 Å². The van der Waals surface area contributed by atoms with Crippen molar-refractivity contribution in [1.29, 1.82) is 0 Å². The molecule has 1 amide bonds. The van der Waals surface area contributed by atoms with Crippen LogP contribution in [0.25, 0.3) is 11.3 Å². The summed E-state index contributed by atoms with van der Waals surface area (Å²) < 4.78 is 19.5. The Morgan fingerprint density at radius 3 is 2.48 bits per heavy atom. The number of amides is 1. The van der Waals surface area contributed by atoms with E-state index in [1.165, 1.54) is 24.4 Å². The summed E-state index contributed by atoms with van der Waals surface area (Å²) >= 11 is 0. The molecule has 2 heterocycles. The summed E-state index contributed by atoms with van der Waals surface area (Å²) in [5.41, 5.74) is 1.30. The summed E-state index contributed by atoms with van der Waals surface area (Å²) in [5, 5.41) is 10.8. The highest BCUT2D eigenvalue weighted by molar-refractivity contribution is 5.76. The zero-order chi connectivity index (χ0) is 21.8. The number of hydrogen-bond acceptors (Lipinski definition) is 6. The maximum atomic E-state index is 13.9. The van der Waals surface area contributed by atoms with E-state index in [9.17, 15) is 19.3 Å². The van der Waals surface area contributed by atoms with Crippen LogP contribution in [0.5, 0.6) is 0 Å². The Morgan fingerprint density at radius 1 is 1.10 bits per heavy atom. The summed E-state index contributed by atoms with van der Waals surface area (Å²) in [4.78, 5) is 31.0. The van der Waals surface area contributed by atoms with E-state index in [0.29, 0.717) is 49.8 Å². The Labute approximate surface area is 178 Å². The van der Waals surface area contributed by atoms with Gasteiger partial charge in [-0.15, -0.1) is 0 Å². The van der Waals surface area contributed by atoms with Crippen LogP contribution in [0.15, 0.2) is 59.1 Å². The van der Waals surface area contributed by atoms with Crippen molar-refractivity contribution in [2.24, 2.45) is 0 Å². The van der Waals surface area contributed by atoms with Gasteiger partial charge in [-0.05, 0) is 24.3 Å². The number of hydrogen-bond donors (Lipinski definition) is 0. The largest absolute Gasteiger partial charge is 0.441 e. The van der Waals surface area contributed by atoms with Crippen LogP contribution in [0.3, 0.4) is 0 Å². The molecular weight excluding hydrogens is 403 g/mol. The summed E-state index contributed by atoms with van der Waals surface area (Å²) in [7, 11) is 0. The number of halogens is 1. The Balaban J connectivity index is 1.28. The highest BCUT2D eigenvalue weighted by Crippen LogP contribution is 2.24. The smallest absolute Gasteiger partial charge is 0.269 e. The van der Waals surface area contributed by atoms with Crippen LogP contribution in [0, 0.1) is 15.9 Å². The second-order valence-electron chi connectivity index (χ2n) is 7.24. The maximum Gasteiger partial charge on any atom is 0.269 e. The predicted molar refractivity (Wildman–Crippen MR) is 112 cm³/mol. The molecule has 1 fully saturated rings. The lowest BCUT2D eigenvalue weighted by Crippen LogP contribution is -2.48. The number of aromatic nitrogens is 1. The van der Waals surface area contributed by atoms with Gasteiger partial charge >= 0.3 is 0 Å². The molecule has 160 valence electrons. The SMILES string of the molecule is O=C(CCc1ncc(-c2ccccc2F)o1)N1CCN(c2ccc([N+](=O)[O-])cc2)CC1. The summed E-state index contributed by atoms with van der Waals surface area (Å²) in [6, 6.07) is 12.7. The molecule has 0 bridgehead atoms. The summed E-state index contributed by atoms with van der Waals surface area (Å²) in [6.45, 7) is 2.45. The van der Waals surface area contributed by atoms with Crippen molar-refractivity contribution >= 4 is 17.3 Å². The van der Waals surface area contributed by atoms with E-state index in [-0.39, 0.29) is 23.8 Å². The number of nitro groups is 1. The molecule has 1 aliphatic rings. The monoisotopic (exact) mass is 424 g/mol. The molecule has 1 aliphatic heterocycles. The van der Waals surface area contributed by atoms with Gasteiger partial charge in [-0.2, -0.15) is 0 Å². The Kier molecular flexibility index (Phi) is 5.92. The fourth-order valence-corrected chi connectivity index (χ4v) is 3.58. The molecule has 0 spiro atoms. The van der Waals surface area contributed by atoms with E-state index >= 15 is 0 Å². The minimum Gasteiger partial charge on any atom is -0.441 e. The number of carbonyl (C=O) groups excluding carboxylic acids is 1. The maximum absolute atomic E-state index is 13.9. The number of anilines is 1. The molecule has 0 saturated carbocycles. The standard InChI is InChI=1S/C22H21FN4O4/c23-19-4-2-1-3-18(19)20-15-24-21(31-20)9-10-22(28)26-13-11-25(12-14-26)16-5-7-17(8-6-16)27(29)30/h1-8,15H,9-14H2. The molecule has 0 aliphatic carbocycles. The predicted octanol–water partition coefficient (Wildman–Crippen LogP) is 3.67. The summed E-state index contributed by atoms with van der Waals surface area (Å²) in [5.74, 6) is 0.370. The number of benzene rings is 2. The topological polar surface area (TPSA) is 92.7 Å². The van der Waals surface area contributed by atoms with Crippen LogP contribution < -0.4 is 4.90 Å². The van der Waals surface area contributed by atoms with Crippen molar-refractivity contribution in [2.45, 2.75) is 12.8 Å². The van der Waals surface area contributed by atoms with E-state index in [4.69, 9.17) is 4.42 Å². The molecule has 1 aromatic heterocycles. The number of nitro benzene ring substituents is 1. The molecule has 0 atom stereocenters. The summed E-state index contributed by atoms with van der Waals surface area (Å²) in [6.07, 6.45) is 2.08. The van der Waals surface area contributed by atoms with Crippen molar-refractivity contribution in [3.8, 4) is 11.3 Å². The molecule has 2 aromatic carbocycles. The van der Waals surface area contributed by atoms with Gasteiger partial charge in [0, 0.05) is 56.8 Å². The van der Waals surface area contributed by atoms with Crippen LogP contribution in [-0.4, -0.2) is 46.9 Å². The van der Waals surface area contributed by atoms with Crippen molar-refractivity contribution in [3.63, 3.8) is 0 Å². The molecule has 1 saturated heterocycles. The first kappa shape index (κ1) is 20.5. The highest BCUT2D eigenvalue weighted by Gasteiger charge is 2.22. The minimum absolute atomic E-state index is 0.00833. The van der Waals surface area contributed by atoms with E-state index < -0.39 is 4.92 Å². The second-order valence-corrected chi connectivity index (χ2v) is 7.24. The van der Waals surface area contributed by atoms with Gasteiger partial charge in [0.25, 0.3) is 5.69 Å². The third-order valence-electron chi connectivity index (χ3n) is 5.30. The van der Waals surface area contributed by atoms with Gasteiger partial charge in [0.05, 0.1) is 16.7 Å². The first-order valence-electron chi connectivity index (χ1n) is 9.98. The van der Waals surface area contributed by atoms with Crippen LogP contribution in [0.4, 0.5) is 15.8 Å². The van der Waals surface area contributed by atoms with Crippen LogP contribution >= 0.6 is 0 Å². The zero-order valence-electron chi connectivity index (χ0n) is 16.7. The number of non-ortho nitro benzene ring substituents is 1. The fraction of sp³-hybridized carbons (Fsp3) is 0.273. The molecule has 0 N–H and O–H groups in total. The molecule has 0 unspecified atom stereocenters. The lowest BCUT2D eigenvalue weighted by molar-refractivity contribution is -0.384. The van der Waals surface area contributed by atoms with Crippen molar-refractivity contribution in [2.75, 3.05) is 31.1 Å². The number of carbonyl (C=O) groups is 1. The lowest BCUT2D eigenvalue weighted by Gasteiger charge is -2.36. The average molecular weight is 424 g/mol. The van der Waals surface area contributed by atoms with Gasteiger partial charge in [-0.25, -0.2) is 9.37 Å². The number of rotatable bonds is 6. The normalized spacial score (nSPS) is 14.0. The molecule has 3 aromatic rings. The number of nitrogens with zero attached hydrogens (tertiary/aromatic N) is 4. The third kappa shape index (κ3) is 4.71. The molecular formula is C22H21FN4O4. The van der Waals surface area contributed by atoms with E-state index in [1.54, 1.807) is 35.2 Å². The van der Waals surface area contributed by atoms with Gasteiger partial charge in [0.1, 0.15) is 5.82 Å². The Bertz CT molecular complexity index is 1080. The van der Waals surface area contributed by atoms with Gasteiger partial charge in [0.15, 0.2) is 11.7 Å². The van der Waals surface area contributed by atoms with Gasteiger partial charge < -0.3 is 14.2 Å². The molecule has 9 heteroatoms. The second kappa shape index (κ2) is 8.95. The molecule has 8 nitrogen and oxygen atoms in total. The Hall–Kier alpha value is -3.75. The lowest BCUT2D eigenvalue weighted by atomic mass is 10.2. The van der Waals surface area contributed by atoms with Crippen molar-refractivity contribution in [3.05, 3.63) is 76.6 Å². The minimum atomic E-state index is -0.423. The Morgan fingerprint density at radius 2 is 1.81 bits per heavy atom. The van der Waals surface area contributed by atoms with Gasteiger partial charge in [-0.1, -0.05) is 12.1 Å². The van der Waals surface area contributed by atoms with E-state index in [1.807, 2.05) is 0 Å². The quantitative estimate of drug-likeness (QED) is 0.443. The van der Waals surface area contributed by atoms with Crippen LogP contribution in [0.2, 0.25) is 0 Å². The molecule has 31 heavy (non-hydrogen) atoms. The first-order valence-corrected chi connectivity index (χ1v) is 9.98. The number of piperazine rings is 1. The first-order chi connectivity index (χ1) is 15.0. The molecule has 4 rings (SSSR count). The average Bonchev–Trinajstić information content (AvgIpc) is 3.27. The number of oxazole rings is 1. The fourth-order valence-electron chi connectivity index (χ4n) is 3.58. The van der Waals surface area contributed by atoms with Crippen molar-refractivity contribution < 1.29 is 18.5 Å². The molecule has 0 radical (unpaired) electrons. The number of aryl methyl sites for hydroxylation is 1. The van der Waals surface area contributed by atoms with E-state index in [2.05, 4.69) is 9.88 Å². The van der Waals surface area contributed by atoms with Crippen LogP contribution in [-0.2, 0) is 11.2 Å². The van der Waals surface area contributed by atoms with Crippen molar-refractivity contribution in [1.82, 2.24) is 9.88 Å². The highest BCUT2D eigenvalue weighted by atomic mass is 19.1. The van der Waals surface area contributed by atoms with Gasteiger partial charge in [0.2, 0.25) is 5.91 Å². The van der Waals surface area contributed by atoms with E-state index in [0.717, 1.165) is 5.69 Å². The zero-order valence-corrected chi connectivity index (χ0v) is 16.7. The van der Waals surface area contributed by atoms with Crippen LogP contribution in [0.1, 0.15) is 12.3 Å². The third-order valence-corrected chi connectivity index (χ3v) is 5.30.